The van der Waals surface area contributed by atoms with Gasteiger partial charge in [0.05, 0.1) is 17.1 Å². The number of aromatic nitrogens is 3. The Kier molecular flexibility index (Phi) is 3.85. The first-order valence-electron chi connectivity index (χ1n) is 5.93. The van der Waals surface area contributed by atoms with Crippen LogP contribution in [0.25, 0.3) is 16.9 Å². The molecule has 0 fully saturated rings. The average Bonchev–Trinajstić information content (AvgIpc) is 2.84. The molecule has 0 N–H and O–H groups in total. The van der Waals surface area contributed by atoms with Gasteiger partial charge in [0, 0.05) is 15.7 Å². The molecule has 0 saturated heterocycles. The standard InChI is InChI=1S/C14H7BrCl2N4/c15-9-3-11-14(19-7-9)21(13(5-16)20-11)12-4-10(17)2-1-8(12)6-18/h1-4,7H,5H2. The van der Waals surface area contributed by atoms with E-state index < -0.39 is 0 Å². The van der Waals surface area contributed by atoms with Crippen LogP contribution in [0.4, 0.5) is 0 Å². The number of nitrogens with zero attached hydrogens (tertiary/aromatic N) is 4. The lowest BCUT2D eigenvalue weighted by molar-refractivity contribution is 0.966. The second kappa shape index (κ2) is 5.64. The maximum absolute atomic E-state index is 9.30. The fraction of sp³-hybridized carbons (Fsp3) is 0.0714. The summed E-state index contributed by atoms with van der Waals surface area (Å²) in [5, 5.41) is 9.83. The Morgan fingerprint density at radius 1 is 1.33 bits per heavy atom. The van der Waals surface area contributed by atoms with Crippen molar-refractivity contribution in [1.29, 1.82) is 5.26 Å². The number of hydrogen-bond donors (Lipinski definition) is 0. The second-order valence-electron chi connectivity index (χ2n) is 4.27. The molecule has 2 heterocycles. The normalized spacial score (nSPS) is 10.8. The first-order chi connectivity index (χ1) is 10.1. The lowest BCUT2D eigenvalue weighted by Crippen LogP contribution is -2.03. The highest BCUT2D eigenvalue weighted by Crippen LogP contribution is 2.27. The predicted octanol–water partition coefficient (Wildman–Crippen LogP) is 4.45. The largest absolute Gasteiger partial charge is 0.278 e. The molecule has 7 heteroatoms. The molecule has 0 unspecified atom stereocenters. The van der Waals surface area contributed by atoms with Crippen LogP contribution in [0.5, 0.6) is 0 Å². The van der Waals surface area contributed by atoms with Crippen LogP contribution in [0.3, 0.4) is 0 Å². The van der Waals surface area contributed by atoms with Crippen LogP contribution >= 0.6 is 39.1 Å². The fourth-order valence-electron chi connectivity index (χ4n) is 2.11. The molecule has 0 atom stereocenters. The van der Waals surface area contributed by atoms with E-state index in [1.807, 2.05) is 6.07 Å². The van der Waals surface area contributed by atoms with Gasteiger partial charge in [0.15, 0.2) is 5.65 Å². The van der Waals surface area contributed by atoms with Crippen molar-refractivity contribution in [3.05, 3.63) is 51.3 Å². The highest BCUT2D eigenvalue weighted by atomic mass is 79.9. The third-order valence-corrected chi connectivity index (χ3v) is 3.88. The van der Waals surface area contributed by atoms with E-state index in [1.165, 1.54) is 0 Å². The summed E-state index contributed by atoms with van der Waals surface area (Å²) in [6, 6.07) is 9.05. The lowest BCUT2D eigenvalue weighted by Gasteiger charge is -2.09. The van der Waals surface area contributed by atoms with E-state index in [9.17, 15) is 5.26 Å². The van der Waals surface area contributed by atoms with Gasteiger partial charge in [-0.3, -0.25) is 4.57 Å². The Balaban J connectivity index is 2.39. The molecule has 21 heavy (non-hydrogen) atoms. The topological polar surface area (TPSA) is 54.5 Å². The number of benzene rings is 1. The van der Waals surface area contributed by atoms with E-state index in [1.54, 1.807) is 29.0 Å². The molecule has 0 radical (unpaired) electrons. The molecule has 3 rings (SSSR count). The van der Waals surface area contributed by atoms with Crippen LogP contribution in [0.15, 0.2) is 34.9 Å². The summed E-state index contributed by atoms with van der Waals surface area (Å²) in [5.74, 6) is 0.807. The summed E-state index contributed by atoms with van der Waals surface area (Å²) in [4.78, 5) is 8.83. The van der Waals surface area contributed by atoms with Crippen molar-refractivity contribution in [1.82, 2.24) is 14.5 Å². The van der Waals surface area contributed by atoms with Crippen LogP contribution < -0.4 is 0 Å². The predicted molar refractivity (Wildman–Crippen MR) is 85.8 cm³/mol. The minimum atomic E-state index is 0.200. The summed E-state index contributed by atoms with van der Waals surface area (Å²) in [6.07, 6.45) is 1.68. The lowest BCUT2D eigenvalue weighted by atomic mass is 10.2. The van der Waals surface area contributed by atoms with Gasteiger partial charge < -0.3 is 0 Å². The number of rotatable bonds is 2. The van der Waals surface area contributed by atoms with Crippen LogP contribution in [0.2, 0.25) is 5.02 Å². The van der Waals surface area contributed by atoms with E-state index in [0.717, 1.165) is 4.47 Å². The molecular formula is C14H7BrCl2N4. The van der Waals surface area contributed by atoms with E-state index in [4.69, 9.17) is 23.2 Å². The Hall–Kier alpha value is -1.61. The quantitative estimate of drug-likeness (QED) is 0.616. The van der Waals surface area contributed by atoms with E-state index in [0.29, 0.717) is 33.3 Å². The van der Waals surface area contributed by atoms with Crippen molar-refractivity contribution >= 4 is 50.3 Å². The van der Waals surface area contributed by atoms with Gasteiger partial charge in [0.1, 0.15) is 17.4 Å². The van der Waals surface area contributed by atoms with Gasteiger partial charge in [-0.2, -0.15) is 5.26 Å². The first-order valence-corrected chi connectivity index (χ1v) is 7.63. The number of hydrogen-bond acceptors (Lipinski definition) is 3. The molecule has 0 aliphatic carbocycles. The summed E-state index contributed by atoms with van der Waals surface area (Å²) in [6.45, 7) is 0. The number of nitriles is 1. The van der Waals surface area contributed by atoms with Crippen molar-refractivity contribution in [2.75, 3.05) is 0 Å². The SMILES string of the molecule is N#Cc1ccc(Cl)cc1-n1c(CCl)nc2cc(Br)cnc21. The van der Waals surface area contributed by atoms with E-state index in [2.05, 4.69) is 32.0 Å². The van der Waals surface area contributed by atoms with Crippen molar-refractivity contribution in [2.24, 2.45) is 0 Å². The van der Waals surface area contributed by atoms with Gasteiger partial charge in [0.2, 0.25) is 0 Å². The molecule has 1 aromatic carbocycles. The Bertz CT molecular complexity index is 883. The molecule has 0 spiro atoms. The maximum Gasteiger partial charge on any atom is 0.164 e. The molecule has 0 saturated carbocycles. The zero-order chi connectivity index (χ0) is 15.0. The smallest absolute Gasteiger partial charge is 0.164 e. The molecule has 0 aliphatic rings. The van der Waals surface area contributed by atoms with Crippen LogP contribution in [0.1, 0.15) is 11.4 Å². The highest BCUT2D eigenvalue weighted by Gasteiger charge is 2.16. The molecule has 0 amide bonds. The number of alkyl halides is 1. The van der Waals surface area contributed by atoms with Gasteiger partial charge in [-0.15, -0.1) is 11.6 Å². The molecule has 3 aromatic rings. The van der Waals surface area contributed by atoms with Crippen LogP contribution in [-0.4, -0.2) is 14.5 Å². The number of pyridine rings is 1. The monoisotopic (exact) mass is 380 g/mol. The summed E-state index contributed by atoms with van der Waals surface area (Å²) in [7, 11) is 0. The van der Waals surface area contributed by atoms with Gasteiger partial charge in [-0.05, 0) is 40.2 Å². The number of fused-ring (bicyclic) bond motifs is 1. The zero-order valence-corrected chi connectivity index (χ0v) is 13.6. The molecule has 0 bridgehead atoms. The second-order valence-corrected chi connectivity index (χ2v) is 5.89. The van der Waals surface area contributed by atoms with E-state index >= 15 is 0 Å². The minimum Gasteiger partial charge on any atom is -0.278 e. The Morgan fingerprint density at radius 3 is 2.86 bits per heavy atom. The number of imidazole rings is 1. The van der Waals surface area contributed by atoms with Gasteiger partial charge in [-0.25, -0.2) is 9.97 Å². The first kappa shape index (κ1) is 14.3. The molecule has 2 aromatic heterocycles. The molecular weight excluding hydrogens is 375 g/mol. The molecule has 0 aliphatic heterocycles. The highest BCUT2D eigenvalue weighted by molar-refractivity contribution is 9.10. The van der Waals surface area contributed by atoms with Crippen molar-refractivity contribution in [3.8, 4) is 11.8 Å². The average molecular weight is 382 g/mol. The van der Waals surface area contributed by atoms with Crippen LogP contribution in [0, 0.1) is 11.3 Å². The minimum absolute atomic E-state index is 0.200. The summed E-state index contributed by atoms with van der Waals surface area (Å²) < 4.78 is 2.59. The van der Waals surface area contributed by atoms with Crippen molar-refractivity contribution in [3.63, 3.8) is 0 Å². The van der Waals surface area contributed by atoms with Gasteiger partial charge in [-0.1, -0.05) is 11.6 Å². The molecule has 4 nitrogen and oxygen atoms in total. The third kappa shape index (κ3) is 2.51. The summed E-state index contributed by atoms with van der Waals surface area (Å²) >= 11 is 15.4. The summed E-state index contributed by atoms with van der Waals surface area (Å²) in [5.41, 5.74) is 2.43. The zero-order valence-electron chi connectivity index (χ0n) is 10.5. The number of halogens is 3. The van der Waals surface area contributed by atoms with Crippen molar-refractivity contribution in [2.45, 2.75) is 5.88 Å². The van der Waals surface area contributed by atoms with Crippen LogP contribution in [-0.2, 0) is 5.88 Å². The Labute approximate surface area is 139 Å². The Morgan fingerprint density at radius 2 is 2.14 bits per heavy atom. The van der Waals surface area contributed by atoms with Crippen molar-refractivity contribution < 1.29 is 0 Å². The fourth-order valence-corrected chi connectivity index (χ4v) is 2.78. The maximum atomic E-state index is 9.30. The van der Waals surface area contributed by atoms with Gasteiger partial charge >= 0.3 is 0 Å². The van der Waals surface area contributed by atoms with E-state index in [-0.39, 0.29) is 5.88 Å². The van der Waals surface area contributed by atoms with Gasteiger partial charge in [0.25, 0.3) is 0 Å². The molecule has 104 valence electrons. The third-order valence-electron chi connectivity index (χ3n) is 2.97.